The maximum Gasteiger partial charge on any atom is 0.348 e. The summed E-state index contributed by atoms with van der Waals surface area (Å²) in [6.07, 6.45) is 0. The molecule has 2 N–H and O–H groups in total. The van der Waals surface area contributed by atoms with E-state index in [9.17, 15) is 14.0 Å². The molecule has 0 fully saturated rings. The maximum atomic E-state index is 12.9. The largest absolute Gasteiger partial charge is 0.477 e. The number of halogens is 1. The molecule has 19 heavy (non-hydrogen) atoms. The molecule has 2 aromatic heterocycles. The van der Waals surface area contributed by atoms with Crippen LogP contribution in [0.2, 0.25) is 0 Å². The first-order valence-corrected chi connectivity index (χ1v) is 6.12. The number of thiophene rings is 1. The predicted octanol–water partition coefficient (Wildman–Crippen LogP) is 2.54. The standard InChI is InChI=1S/C12H9FN2O3S/c1-6-5-19-10(12(17)18)9(6)15-11(16)7-3-2-4-8(13)14-7/h2-5H,1H3,(H,15,16)(H,17,18). The molecule has 0 bridgehead atoms. The highest BCUT2D eigenvalue weighted by molar-refractivity contribution is 7.12. The number of carbonyl (C=O) groups is 2. The Balaban J connectivity index is 2.29. The summed E-state index contributed by atoms with van der Waals surface area (Å²) in [6.45, 7) is 1.68. The molecular formula is C12H9FN2O3S. The van der Waals surface area contributed by atoms with Crippen LogP contribution in [0.5, 0.6) is 0 Å². The van der Waals surface area contributed by atoms with Crippen molar-refractivity contribution < 1.29 is 19.1 Å². The summed E-state index contributed by atoms with van der Waals surface area (Å²) in [6, 6.07) is 3.83. The van der Waals surface area contributed by atoms with Crippen molar-refractivity contribution in [3.8, 4) is 0 Å². The van der Waals surface area contributed by atoms with Crippen LogP contribution in [0.4, 0.5) is 10.1 Å². The Hall–Kier alpha value is -2.28. The van der Waals surface area contributed by atoms with Crippen LogP contribution >= 0.6 is 11.3 Å². The fourth-order valence-electron chi connectivity index (χ4n) is 1.47. The van der Waals surface area contributed by atoms with Gasteiger partial charge in [0.1, 0.15) is 10.6 Å². The van der Waals surface area contributed by atoms with Crippen molar-refractivity contribution in [3.05, 3.63) is 45.7 Å². The van der Waals surface area contributed by atoms with Gasteiger partial charge in [-0.05, 0) is 30.0 Å². The normalized spacial score (nSPS) is 10.2. The summed E-state index contributed by atoms with van der Waals surface area (Å²) in [5, 5.41) is 13.1. The van der Waals surface area contributed by atoms with E-state index < -0.39 is 17.8 Å². The lowest BCUT2D eigenvalue weighted by molar-refractivity contribution is 0.0703. The number of nitrogens with zero attached hydrogens (tertiary/aromatic N) is 1. The van der Waals surface area contributed by atoms with Gasteiger partial charge in [-0.25, -0.2) is 9.78 Å². The van der Waals surface area contributed by atoms with E-state index in [2.05, 4.69) is 10.3 Å². The minimum Gasteiger partial charge on any atom is -0.477 e. The molecular weight excluding hydrogens is 271 g/mol. The van der Waals surface area contributed by atoms with Gasteiger partial charge in [0.25, 0.3) is 5.91 Å². The van der Waals surface area contributed by atoms with Crippen LogP contribution in [0.15, 0.2) is 23.6 Å². The Labute approximate surface area is 111 Å². The summed E-state index contributed by atoms with van der Waals surface area (Å²) in [5.41, 5.74) is 0.739. The van der Waals surface area contributed by atoms with Crippen LogP contribution in [0.25, 0.3) is 0 Å². The average molecular weight is 280 g/mol. The number of pyridine rings is 1. The number of hydrogen-bond donors (Lipinski definition) is 2. The van der Waals surface area contributed by atoms with E-state index in [4.69, 9.17) is 5.11 Å². The lowest BCUT2D eigenvalue weighted by Crippen LogP contribution is -2.16. The molecule has 0 aliphatic rings. The second kappa shape index (κ2) is 5.15. The minimum absolute atomic E-state index is 0.0299. The SMILES string of the molecule is Cc1csc(C(=O)O)c1NC(=O)c1cccc(F)n1. The lowest BCUT2D eigenvalue weighted by atomic mass is 10.2. The molecule has 0 atom stereocenters. The zero-order valence-electron chi connectivity index (χ0n) is 9.81. The zero-order valence-corrected chi connectivity index (χ0v) is 10.6. The van der Waals surface area contributed by atoms with Gasteiger partial charge in [0.2, 0.25) is 5.95 Å². The smallest absolute Gasteiger partial charge is 0.348 e. The number of anilines is 1. The number of rotatable bonds is 3. The number of aromatic nitrogens is 1. The van der Waals surface area contributed by atoms with Gasteiger partial charge >= 0.3 is 5.97 Å². The van der Waals surface area contributed by atoms with Crippen molar-refractivity contribution >= 4 is 28.9 Å². The van der Waals surface area contributed by atoms with Crippen molar-refractivity contribution in [2.45, 2.75) is 6.92 Å². The summed E-state index contributed by atoms with van der Waals surface area (Å²) in [4.78, 5) is 26.3. The Bertz CT molecular complexity index is 654. The fraction of sp³-hybridized carbons (Fsp3) is 0.0833. The molecule has 0 radical (unpaired) electrons. The highest BCUT2D eigenvalue weighted by Gasteiger charge is 2.18. The van der Waals surface area contributed by atoms with Gasteiger partial charge in [0.15, 0.2) is 0 Å². The Kier molecular flexibility index (Phi) is 3.57. The van der Waals surface area contributed by atoms with E-state index in [1.165, 1.54) is 12.1 Å². The summed E-state index contributed by atoms with van der Waals surface area (Å²) < 4.78 is 12.9. The second-order valence-electron chi connectivity index (χ2n) is 3.73. The van der Waals surface area contributed by atoms with Gasteiger partial charge in [0, 0.05) is 0 Å². The first kappa shape index (κ1) is 13.2. The van der Waals surface area contributed by atoms with E-state index in [0.29, 0.717) is 5.56 Å². The third-order valence-electron chi connectivity index (χ3n) is 2.36. The number of aromatic carboxylic acids is 1. The van der Waals surface area contributed by atoms with Gasteiger partial charge in [0.05, 0.1) is 5.69 Å². The van der Waals surface area contributed by atoms with Crippen molar-refractivity contribution in [2.24, 2.45) is 0 Å². The van der Waals surface area contributed by atoms with Crippen molar-refractivity contribution in [2.75, 3.05) is 5.32 Å². The maximum absolute atomic E-state index is 12.9. The van der Waals surface area contributed by atoms with Crippen LogP contribution in [-0.4, -0.2) is 22.0 Å². The first-order valence-electron chi connectivity index (χ1n) is 5.24. The Morgan fingerprint density at radius 1 is 1.42 bits per heavy atom. The van der Waals surface area contributed by atoms with Crippen LogP contribution in [0.3, 0.4) is 0 Å². The van der Waals surface area contributed by atoms with Gasteiger partial charge in [-0.3, -0.25) is 4.79 Å². The van der Waals surface area contributed by atoms with Crippen molar-refractivity contribution in [1.29, 1.82) is 0 Å². The van der Waals surface area contributed by atoms with Crippen LogP contribution in [-0.2, 0) is 0 Å². The Morgan fingerprint density at radius 2 is 2.16 bits per heavy atom. The monoisotopic (exact) mass is 280 g/mol. The van der Waals surface area contributed by atoms with Crippen LogP contribution < -0.4 is 5.32 Å². The quantitative estimate of drug-likeness (QED) is 0.847. The molecule has 1 amide bonds. The van der Waals surface area contributed by atoms with E-state index in [-0.39, 0.29) is 16.3 Å². The molecule has 2 aromatic rings. The third-order valence-corrected chi connectivity index (χ3v) is 3.44. The number of hydrogen-bond acceptors (Lipinski definition) is 4. The van der Waals surface area contributed by atoms with Crippen LogP contribution in [0, 0.1) is 12.9 Å². The van der Waals surface area contributed by atoms with E-state index >= 15 is 0 Å². The molecule has 0 aromatic carbocycles. The molecule has 2 heterocycles. The van der Waals surface area contributed by atoms with Gasteiger partial charge in [-0.2, -0.15) is 4.39 Å². The number of carboxylic acid groups (broad SMARTS) is 1. The average Bonchev–Trinajstić information content (AvgIpc) is 2.71. The molecule has 7 heteroatoms. The number of carbonyl (C=O) groups excluding carboxylic acids is 1. The number of carboxylic acids is 1. The predicted molar refractivity (Wildman–Crippen MR) is 68.2 cm³/mol. The molecule has 98 valence electrons. The van der Waals surface area contributed by atoms with Crippen molar-refractivity contribution in [1.82, 2.24) is 4.98 Å². The Morgan fingerprint density at radius 3 is 2.79 bits per heavy atom. The van der Waals surface area contributed by atoms with Crippen LogP contribution in [0.1, 0.15) is 25.7 Å². The summed E-state index contributed by atoms with van der Waals surface area (Å²) in [5.74, 6) is -2.54. The molecule has 0 saturated heterocycles. The lowest BCUT2D eigenvalue weighted by Gasteiger charge is -2.05. The zero-order chi connectivity index (χ0) is 14.0. The first-order chi connectivity index (χ1) is 8.99. The molecule has 0 unspecified atom stereocenters. The second-order valence-corrected chi connectivity index (χ2v) is 4.61. The topological polar surface area (TPSA) is 79.3 Å². The van der Waals surface area contributed by atoms with E-state index in [0.717, 1.165) is 17.4 Å². The highest BCUT2D eigenvalue weighted by atomic mass is 32.1. The number of nitrogens with one attached hydrogen (secondary N) is 1. The summed E-state index contributed by atoms with van der Waals surface area (Å²) >= 11 is 1.02. The van der Waals surface area contributed by atoms with E-state index in [1.807, 2.05) is 0 Å². The highest BCUT2D eigenvalue weighted by Crippen LogP contribution is 2.27. The molecule has 0 aliphatic carbocycles. The molecule has 0 spiro atoms. The van der Waals surface area contributed by atoms with E-state index in [1.54, 1.807) is 12.3 Å². The summed E-state index contributed by atoms with van der Waals surface area (Å²) in [7, 11) is 0. The van der Waals surface area contributed by atoms with Gasteiger partial charge < -0.3 is 10.4 Å². The van der Waals surface area contributed by atoms with Crippen molar-refractivity contribution in [3.63, 3.8) is 0 Å². The fourth-order valence-corrected chi connectivity index (χ4v) is 2.31. The van der Waals surface area contributed by atoms with Gasteiger partial charge in [-0.15, -0.1) is 11.3 Å². The molecule has 0 saturated carbocycles. The molecule has 5 nitrogen and oxygen atoms in total. The molecule has 2 rings (SSSR count). The third kappa shape index (κ3) is 2.76. The minimum atomic E-state index is -1.12. The molecule has 0 aliphatic heterocycles. The number of aryl methyl sites for hydroxylation is 1. The number of amides is 1. The van der Waals surface area contributed by atoms with Gasteiger partial charge in [-0.1, -0.05) is 6.07 Å².